The summed E-state index contributed by atoms with van der Waals surface area (Å²) in [5, 5.41) is 7.67. The van der Waals surface area contributed by atoms with E-state index in [1.807, 2.05) is 0 Å². The topological polar surface area (TPSA) is 0 Å². The number of benzene rings is 6. The molecule has 0 nitrogen and oxygen atoms in total. The van der Waals surface area contributed by atoms with Gasteiger partial charge in [-0.3, -0.25) is 0 Å². The predicted octanol–water partition coefficient (Wildman–Crippen LogP) is 8.48. The fourth-order valence-electron chi connectivity index (χ4n) is 4.53. The van der Waals surface area contributed by atoms with Crippen LogP contribution < -0.4 is 0 Å². The van der Waals surface area contributed by atoms with E-state index < -0.39 is 0 Å². The fraction of sp³-hybridized carbons (Fsp3) is 0. The number of fused-ring (bicyclic) bond motifs is 3. The molecule has 0 radical (unpaired) electrons. The van der Waals surface area contributed by atoms with Crippen molar-refractivity contribution < 1.29 is 0 Å². The molecule has 0 amide bonds. The predicted molar refractivity (Wildman–Crippen MR) is 130 cm³/mol. The normalized spacial score (nSPS) is 11.3. The lowest BCUT2D eigenvalue weighted by atomic mass is 9.88. The maximum absolute atomic E-state index is 2.37. The van der Waals surface area contributed by atoms with Crippen molar-refractivity contribution in [3.05, 3.63) is 121 Å². The van der Waals surface area contributed by atoms with Crippen molar-refractivity contribution in [1.82, 2.24) is 0 Å². The molecule has 0 fully saturated rings. The third-order valence-corrected chi connectivity index (χ3v) is 6.01. The lowest BCUT2D eigenvalue weighted by Gasteiger charge is -2.15. The third-order valence-electron chi connectivity index (χ3n) is 6.01. The first-order chi connectivity index (χ1) is 14.9. The van der Waals surface area contributed by atoms with E-state index >= 15 is 0 Å². The van der Waals surface area contributed by atoms with Crippen LogP contribution in [-0.2, 0) is 0 Å². The van der Waals surface area contributed by atoms with Gasteiger partial charge in [-0.05, 0) is 78.8 Å². The maximum atomic E-state index is 2.37. The van der Waals surface area contributed by atoms with E-state index in [1.165, 1.54) is 54.6 Å². The molecule has 0 saturated carbocycles. The SMILES string of the molecule is c1ccc(-c2cc3cc4ccccc4cc3cc2-c2cccc3ccccc23)cc1. The van der Waals surface area contributed by atoms with Crippen LogP contribution in [0.2, 0.25) is 0 Å². The maximum Gasteiger partial charge on any atom is -0.00928 e. The van der Waals surface area contributed by atoms with Crippen molar-refractivity contribution in [3.63, 3.8) is 0 Å². The molecule has 0 aliphatic rings. The Hall–Kier alpha value is -3.90. The van der Waals surface area contributed by atoms with E-state index in [0.717, 1.165) is 0 Å². The summed E-state index contributed by atoms with van der Waals surface area (Å²) in [6.07, 6.45) is 0. The Labute approximate surface area is 176 Å². The summed E-state index contributed by atoms with van der Waals surface area (Å²) in [6.45, 7) is 0. The highest BCUT2D eigenvalue weighted by Gasteiger charge is 2.12. The quantitative estimate of drug-likeness (QED) is 0.264. The van der Waals surface area contributed by atoms with Crippen molar-refractivity contribution in [2.24, 2.45) is 0 Å². The van der Waals surface area contributed by atoms with E-state index in [4.69, 9.17) is 0 Å². The zero-order chi connectivity index (χ0) is 19.9. The lowest BCUT2D eigenvalue weighted by Crippen LogP contribution is -1.89. The Morgan fingerprint density at radius 3 is 1.60 bits per heavy atom. The highest BCUT2D eigenvalue weighted by Crippen LogP contribution is 2.39. The second-order valence-electron chi connectivity index (χ2n) is 7.84. The smallest absolute Gasteiger partial charge is 0.00928 e. The highest BCUT2D eigenvalue weighted by atomic mass is 14.2. The fourth-order valence-corrected chi connectivity index (χ4v) is 4.53. The van der Waals surface area contributed by atoms with Crippen LogP contribution in [0.1, 0.15) is 0 Å². The summed E-state index contributed by atoms with van der Waals surface area (Å²) in [7, 11) is 0. The van der Waals surface area contributed by atoms with Crippen LogP contribution in [0.25, 0.3) is 54.6 Å². The Bertz CT molecular complexity index is 1520. The molecule has 0 heterocycles. The minimum atomic E-state index is 1.25. The van der Waals surface area contributed by atoms with Gasteiger partial charge in [-0.2, -0.15) is 0 Å². The van der Waals surface area contributed by atoms with Crippen LogP contribution in [0.4, 0.5) is 0 Å². The Balaban J connectivity index is 1.73. The summed E-state index contributed by atoms with van der Waals surface area (Å²) in [6, 6.07) is 43.9. The van der Waals surface area contributed by atoms with Gasteiger partial charge in [-0.15, -0.1) is 0 Å². The Morgan fingerprint density at radius 2 is 0.867 bits per heavy atom. The molecule has 0 N–H and O–H groups in total. The first-order valence-electron chi connectivity index (χ1n) is 10.4. The van der Waals surface area contributed by atoms with E-state index in [0.29, 0.717) is 0 Å². The molecule has 0 unspecified atom stereocenters. The van der Waals surface area contributed by atoms with Crippen molar-refractivity contribution in [1.29, 1.82) is 0 Å². The number of hydrogen-bond acceptors (Lipinski definition) is 0. The first-order valence-corrected chi connectivity index (χ1v) is 10.4. The molecule has 30 heavy (non-hydrogen) atoms. The van der Waals surface area contributed by atoms with Gasteiger partial charge in [-0.1, -0.05) is 97.1 Å². The van der Waals surface area contributed by atoms with Crippen molar-refractivity contribution in [2.45, 2.75) is 0 Å². The van der Waals surface area contributed by atoms with Gasteiger partial charge in [0.15, 0.2) is 0 Å². The molecule has 0 saturated heterocycles. The average molecular weight is 380 g/mol. The standard InChI is InChI=1S/C30H20/c1-2-9-22(10-3-1)29-19-25-17-23-12-4-5-13-24(23)18-26(25)20-30(29)28-16-8-14-21-11-6-7-15-27(21)28/h1-20H. The molecule has 0 heteroatoms. The largest absolute Gasteiger partial charge is 0.0622 e. The van der Waals surface area contributed by atoms with Crippen LogP contribution in [0.5, 0.6) is 0 Å². The summed E-state index contributed by atoms with van der Waals surface area (Å²) >= 11 is 0. The molecular weight excluding hydrogens is 360 g/mol. The van der Waals surface area contributed by atoms with Crippen LogP contribution in [0.15, 0.2) is 121 Å². The van der Waals surface area contributed by atoms with Crippen LogP contribution >= 0.6 is 0 Å². The van der Waals surface area contributed by atoms with Gasteiger partial charge in [0.05, 0.1) is 0 Å². The molecule has 6 rings (SSSR count). The van der Waals surface area contributed by atoms with E-state index in [-0.39, 0.29) is 0 Å². The number of hydrogen-bond donors (Lipinski definition) is 0. The van der Waals surface area contributed by atoms with Crippen LogP contribution in [-0.4, -0.2) is 0 Å². The minimum Gasteiger partial charge on any atom is -0.0622 e. The van der Waals surface area contributed by atoms with Gasteiger partial charge in [-0.25, -0.2) is 0 Å². The Morgan fingerprint density at radius 1 is 0.300 bits per heavy atom. The van der Waals surface area contributed by atoms with Crippen molar-refractivity contribution in [3.8, 4) is 22.3 Å². The Kier molecular flexibility index (Phi) is 3.89. The molecule has 6 aromatic carbocycles. The van der Waals surface area contributed by atoms with Gasteiger partial charge in [0.2, 0.25) is 0 Å². The summed E-state index contributed by atoms with van der Waals surface area (Å²) in [5.74, 6) is 0. The highest BCUT2D eigenvalue weighted by molar-refractivity contribution is 6.07. The first kappa shape index (κ1) is 17.0. The lowest BCUT2D eigenvalue weighted by molar-refractivity contribution is 1.62. The molecule has 140 valence electrons. The minimum absolute atomic E-state index is 1.25. The monoisotopic (exact) mass is 380 g/mol. The summed E-state index contributed by atoms with van der Waals surface area (Å²) < 4.78 is 0. The van der Waals surface area contributed by atoms with Gasteiger partial charge >= 0.3 is 0 Å². The van der Waals surface area contributed by atoms with E-state index in [9.17, 15) is 0 Å². The van der Waals surface area contributed by atoms with E-state index in [1.54, 1.807) is 0 Å². The molecule has 0 aliphatic heterocycles. The molecule has 0 aromatic heterocycles. The summed E-state index contributed by atoms with van der Waals surface area (Å²) in [4.78, 5) is 0. The van der Waals surface area contributed by atoms with Gasteiger partial charge < -0.3 is 0 Å². The van der Waals surface area contributed by atoms with E-state index in [2.05, 4.69) is 121 Å². The average Bonchev–Trinajstić information content (AvgIpc) is 2.82. The van der Waals surface area contributed by atoms with Gasteiger partial charge in [0, 0.05) is 0 Å². The molecule has 0 aliphatic carbocycles. The van der Waals surface area contributed by atoms with Crippen LogP contribution in [0, 0.1) is 0 Å². The van der Waals surface area contributed by atoms with Crippen molar-refractivity contribution in [2.75, 3.05) is 0 Å². The molecule has 0 atom stereocenters. The zero-order valence-electron chi connectivity index (χ0n) is 16.5. The van der Waals surface area contributed by atoms with Gasteiger partial charge in [0.25, 0.3) is 0 Å². The summed E-state index contributed by atoms with van der Waals surface area (Å²) in [5.41, 5.74) is 5.08. The molecular formula is C30H20. The van der Waals surface area contributed by atoms with Gasteiger partial charge in [0.1, 0.15) is 0 Å². The van der Waals surface area contributed by atoms with Crippen molar-refractivity contribution >= 4 is 32.3 Å². The molecule has 6 aromatic rings. The molecule has 0 bridgehead atoms. The number of rotatable bonds is 2. The third kappa shape index (κ3) is 2.77. The molecule has 0 spiro atoms. The second kappa shape index (κ2) is 6.86. The zero-order valence-corrected chi connectivity index (χ0v) is 16.5. The second-order valence-corrected chi connectivity index (χ2v) is 7.84. The van der Waals surface area contributed by atoms with Crippen LogP contribution in [0.3, 0.4) is 0 Å².